The Balaban J connectivity index is 2.23. The maximum absolute atomic E-state index is 12.4. The number of aromatic hydroxyl groups is 1. The molecule has 0 fully saturated rings. The van der Waals surface area contributed by atoms with Crippen LogP contribution in [0.1, 0.15) is 5.56 Å². The van der Waals surface area contributed by atoms with Crippen molar-refractivity contribution in [2.75, 3.05) is 4.72 Å². The largest absolute Gasteiger partial charge is 0.508 e. The van der Waals surface area contributed by atoms with Gasteiger partial charge in [0.15, 0.2) is 0 Å². The zero-order valence-corrected chi connectivity index (χ0v) is 11.2. The number of rotatable bonds is 3. The highest BCUT2D eigenvalue weighted by Crippen LogP contribution is 2.30. The summed E-state index contributed by atoms with van der Waals surface area (Å²) in [5.41, 5.74) is -0.855. The highest BCUT2D eigenvalue weighted by molar-refractivity contribution is 7.92. The number of alkyl halides is 3. The lowest BCUT2D eigenvalue weighted by molar-refractivity contribution is -0.137. The Labute approximate surface area is 118 Å². The third-order valence-corrected chi connectivity index (χ3v) is 4.01. The molecule has 0 saturated carbocycles. The summed E-state index contributed by atoms with van der Waals surface area (Å²) >= 11 is 0. The number of hydrogen-bond donors (Lipinski definition) is 2. The maximum Gasteiger partial charge on any atom is 0.416 e. The van der Waals surface area contributed by atoms with Gasteiger partial charge in [-0.3, -0.25) is 4.72 Å². The van der Waals surface area contributed by atoms with Gasteiger partial charge in [-0.1, -0.05) is 0 Å². The highest BCUT2D eigenvalue weighted by Gasteiger charge is 2.30. The molecule has 8 heteroatoms. The van der Waals surface area contributed by atoms with Crippen LogP contribution < -0.4 is 4.72 Å². The van der Waals surface area contributed by atoms with Gasteiger partial charge in [-0.25, -0.2) is 8.42 Å². The second-order valence-corrected chi connectivity index (χ2v) is 5.86. The van der Waals surface area contributed by atoms with E-state index in [9.17, 15) is 21.6 Å². The van der Waals surface area contributed by atoms with Gasteiger partial charge in [0.2, 0.25) is 0 Å². The van der Waals surface area contributed by atoms with Crippen molar-refractivity contribution in [3.05, 3.63) is 54.1 Å². The molecule has 2 aromatic rings. The third-order valence-electron chi connectivity index (χ3n) is 2.61. The second-order valence-electron chi connectivity index (χ2n) is 4.17. The first-order valence-electron chi connectivity index (χ1n) is 5.67. The number of hydrogen-bond acceptors (Lipinski definition) is 3. The van der Waals surface area contributed by atoms with Crippen molar-refractivity contribution < 1.29 is 26.7 Å². The Hall–Kier alpha value is -2.22. The van der Waals surface area contributed by atoms with Crippen molar-refractivity contribution in [2.45, 2.75) is 11.1 Å². The van der Waals surface area contributed by atoms with Crippen molar-refractivity contribution in [3.8, 4) is 5.75 Å². The molecule has 0 aliphatic carbocycles. The van der Waals surface area contributed by atoms with Crippen molar-refractivity contribution in [3.63, 3.8) is 0 Å². The SMILES string of the molecule is O=S(=O)(Nc1ccc(C(F)(F)F)cc1)c1ccc(O)cc1. The maximum atomic E-state index is 12.4. The molecule has 0 saturated heterocycles. The fraction of sp³-hybridized carbons (Fsp3) is 0.0769. The van der Waals surface area contributed by atoms with Gasteiger partial charge in [-0.2, -0.15) is 13.2 Å². The molecular formula is C13H10F3NO3S. The van der Waals surface area contributed by atoms with Crippen LogP contribution in [0.3, 0.4) is 0 Å². The number of phenolic OH excluding ortho intramolecular Hbond substituents is 1. The molecule has 21 heavy (non-hydrogen) atoms. The van der Waals surface area contributed by atoms with Crippen molar-refractivity contribution in [2.24, 2.45) is 0 Å². The van der Waals surface area contributed by atoms with E-state index in [1.54, 1.807) is 0 Å². The summed E-state index contributed by atoms with van der Waals surface area (Å²) in [6.07, 6.45) is -4.48. The molecule has 0 aromatic heterocycles. The molecule has 0 aliphatic heterocycles. The van der Waals surface area contributed by atoms with Crippen LogP contribution in [0.4, 0.5) is 18.9 Å². The molecule has 0 atom stereocenters. The van der Waals surface area contributed by atoms with Crippen molar-refractivity contribution in [1.82, 2.24) is 0 Å². The number of anilines is 1. The zero-order valence-electron chi connectivity index (χ0n) is 10.4. The number of benzene rings is 2. The first-order chi connectivity index (χ1) is 9.68. The molecule has 0 aliphatic rings. The van der Waals surface area contributed by atoms with Gasteiger partial charge in [0.25, 0.3) is 10.0 Å². The van der Waals surface area contributed by atoms with Gasteiger partial charge >= 0.3 is 6.18 Å². The number of phenols is 1. The Morgan fingerprint density at radius 3 is 1.90 bits per heavy atom. The molecule has 0 unspecified atom stereocenters. The van der Waals surface area contributed by atoms with E-state index in [0.29, 0.717) is 0 Å². The first-order valence-corrected chi connectivity index (χ1v) is 7.16. The van der Waals surface area contributed by atoms with Crippen LogP contribution in [0.5, 0.6) is 5.75 Å². The van der Waals surface area contributed by atoms with E-state index in [1.165, 1.54) is 24.3 Å². The Bertz CT molecular complexity index is 723. The summed E-state index contributed by atoms with van der Waals surface area (Å²) in [5.74, 6) is -0.0940. The lowest BCUT2D eigenvalue weighted by Crippen LogP contribution is -2.13. The van der Waals surface area contributed by atoms with E-state index in [4.69, 9.17) is 5.11 Å². The fourth-order valence-electron chi connectivity index (χ4n) is 1.57. The average Bonchev–Trinajstić information content (AvgIpc) is 2.38. The van der Waals surface area contributed by atoms with E-state index >= 15 is 0 Å². The Kier molecular flexibility index (Phi) is 3.82. The summed E-state index contributed by atoms with van der Waals surface area (Å²) in [5, 5.41) is 9.10. The van der Waals surface area contributed by atoms with E-state index in [-0.39, 0.29) is 16.3 Å². The normalized spacial score (nSPS) is 12.1. The number of sulfonamides is 1. The van der Waals surface area contributed by atoms with Gasteiger partial charge in [0.05, 0.1) is 10.5 Å². The van der Waals surface area contributed by atoms with E-state index in [1.807, 2.05) is 0 Å². The van der Waals surface area contributed by atoms with E-state index < -0.39 is 21.8 Å². The van der Waals surface area contributed by atoms with Crippen molar-refractivity contribution >= 4 is 15.7 Å². The highest BCUT2D eigenvalue weighted by atomic mass is 32.2. The molecular weight excluding hydrogens is 307 g/mol. The fourth-order valence-corrected chi connectivity index (χ4v) is 2.63. The van der Waals surface area contributed by atoms with Crippen LogP contribution in [0.25, 0.3) is 0 Å². The summed E-state index contributed by atoms with van der Waals surface area (Å²) in [7, 11) is -3.92. The molecule has 2 aromatic carbocycles. The van der Waals surface area contributed by atoms with Gasteiger partial charge in [-0.15, -0.1) is 0 Å². The summed E-state index contributed by atoms with van der Waals surface area (Å²) in [6, 6.07) is 8.39. The van der Waals surface area contributed by atoms with Gasteiger partial charge in [-0.05, 0) is 48.5 Å². The topological polar surface area (TPSA) is 66.4 Å². The lowest BCUT2D eigenvalue weighted by atomic mass is 10.2. The van der Waals surface area contributed by atoms with Gasteiger partial charge in [0.1, 0.15) is 5.75 Å². The standard InChI is InChI=1S/C13H10F3NO3S/c14-13(15,16)9-1-3-10(4-2-9)17-21(19,20)12-7-5-11(18)6-8-12/h1-8,17-18H. The minimum Gasteiger partial charge on any atom is -0.508 e. The second kappa shape index (κ2) is 5.28. The summed E-state index contributed by atoms with van der Waals surface area (Å²) in [6.45, 7) is 0. The predicted octanol–water partition coefficient (Wildman–Crippen LogP) is 3.21. The molecule has 0 bridgehead atoms. The first kappa shape index (κ1) is 15.2. The Morgan fingerprint density at radius 2 is 1.43 bits per heavy atom. The number of halogens is 3. The van der Waals surface area contributed by atoms with Gasteiger partial charge in [0, 0.05) is 5.69 Å². The lowest BCUT2D eigenvalue weighted by Gasteiger charge is -2.10. The zero-order chi connectivity index (χ0) is 15.7. The van der Waals surface area contributed by atoms with Crippen LogP contribution in [-0.4, -0.2) is 13.5 Å². The van der Waals surface area contributed by atoms with E-state index in [0.717, 1.165) is 24.3 Å². The molecule has 2 N–H and O–H groups in total. The monoisotopic (exact) mass is 317 g/mol. The van der Waals surface area contributed by atoms with Crippen molar-refractivity contribution in [1.29, 1.82) is 0 Å². The number of nitrogens with one attached hydrogen (secondary N) is 1. The van der Waals surface area contributed by atoms with Crippen LogP contribution >= 0.6 is 0 Å². The average molecular weight is 317 g/mol. The molecule has 112 valence electrons. The smallest absolute Gasteiger partial charge is 0.416 e. The quantitative estimate of drug-likeness (QED) is 0.913. The van der Waals surface area contributed by atoms with Crippen LogP contribution in [-0.2, 0) is 16.2 Å². The molecule has 0 amide bonds. The molecule has 0 spiro atoms. The molecule has 4 nitrogen and oxygen atoms in total. The summed E-state index contributed by atoms with van der Waals surface area (Å²) in [4.78, 5) is -0.111. The van der Waals surface area contributed by atoms with Crippen LogP contribution in [0.2, 0.25) is 0 Å². The summed E-state index contributed by atoms with van der Waals surface area (Å²) < 4.78 is 63.3. The molecule has 0 heterocycles. The van der Waals surface area contributed by atoms with Gasteiger partial charge < -0.3 is 5.11 Å². The minimum atomic E-state index is -4.48. The van der Waals surface area contributed by atoms with Crippen LogP contribution in [0.15, 0.2) is 53.4 Å². The Morgan fingerprint density at radius 1 is 0.905 bits per heavy atom. The van der Waals surface area contributed by atoms with Crippen LogP contribution in [0, 0.1) is 0 Å². The third kappa shape index (κ3) is 3.66. The molecule has 2 rings (SSSR count). The predicted molar refractivity (Wildman–Crippen MR) is 70.4 cm³/mol. The molecule has 0 radical (unpaired) electrons. The van der Waals surface area contributed by atoms with E-state index in [2.05, 4.69) is 4.72 Å². The minimum absolute atomic E-state index is 0.0103.